The number of carbonyl (C=O) groups excluding carboxylic acids is 1. The molecule has 0 amide bonds. The molecule has 1 N–H and O–H groups in total. The fraction of sp³-hybridized carbons (Fsp3) is 0.350. The summed E-state index contributed by atoms with van der Waals surface area (Å²) in [7, 11) is 1.62. The topological polar surface area (TPSA) is 91.8 Å². The number of anilines is 2. The van der Waals surface area contributed by atoms with E-state index in [0.717, 1.165) is 15.3 Å². The number of hydrogen-bond donors (Lipinski definition) is 1. The van der Waals surface area contributed by atoms with Crippen molar-refractivity contribution >= 4 is 53.2 Å². The molecule has 2 heterocycles. The summed E-state index contributed by atoms with van der Waals surface area (Å²) in [6.45, 7) is 3.88. The van der Waals surface area contributed by atoms with Gasteiger partial charge in [0.2, 0.25) is 0 Å². The summed E-state index contributed by atoms with van der Waals surface area (Å²) in [6, 6.07) is 9.54. The third-order valence-electron chi connectivity index (χ3n) is 3.83. The Kier molecular flexibility index (Phi) is 8.48. The van der Waals surface area contributed by atoms with Crippen LogP contribution in [0.4, 0.5) is 11.5 Å². The van der Waals surface area contributed by atoms with Crippen LogP contribution in [0.5, 0.6) is 6.01 Å². The normalized spacial score (nSPS) is 10.9. The van der Waals surface area contributed by atoms with Gasteiger partial charge in [0, 0.05) is 7.11 Å². The van der Waals surface area contributed by atoms with E-state index >= 15 is 0 Å². The number of hydrogen-bond acceptors (Lipinski definition) is 8. The summed E-state index contributed by atoms with van der Waals surface area (Å²) < 4.78 is 22.7. The van der Waals surface area contributed by atoms with E-state index < -0.39 is 0 Å². The van der Waals surface area contributed by atoms with Gasteiger partial charge in [0.25, 0.3) is 0 Å². The summed E-state index contributed by atoms with van der Waals surface area (Å²) in [5, 5.41) is 4.45. The first-order chi connectivity index (χ1) is 14.6. The first kappa shape index (κ1) is 22.5. The zero-order chi connectivity index (χ0) is 21.3. The van der Waals surface area contributed by atoms with Crippen molar-refractivity contribution in [3.8, 4) is 6.01 Å². The van der Waals surface area contributed by atoms with Crippen molar-refractivity contribution in [1.29, 1.82) is 0 Å². The molecule has 0 aliphatic heterocycles. The molecule has 2 aromatic heterocycles. The Morgan fingerprint density at radius 1 is 1.13 bits per heavy atom. The van der Waals surface area contributed by atoms with Gasteiger partial charge >= 0.3 is 160 Å². The maximum absolute atomic E-state index is 12.0. The summed E-state index contributed by atoms with van der Waals surface area (Å²) in [6.07, 6.45) is 0. The molecule has 0 atom stereocenters. The van der Waals surface area contributed by atoms with Crippen molar-refractivity contribution in [1.82, 2.24) is 9.97 Å². The van der Waals surface area contributed by atoms with Gasteiger partial charge in [-0.2, -0.15) is 0 Å². The number of carbonyl (C=O) groups is 1. The molecular formula is C20H22ClN3O5Se. The zero-order valence-electron chi connectivity index (χ0n) is 16.6. The van der Waals surface area contributed by atoms with E-state index in [1.165, 1.54) is 0 Å². The minimum atomic E-state index is -0.251. The Balaban J connectivity index is 1.65. The number of fused-ring (bicyclic) bond motifs is 1. The van der Waals surface area contributed by atoms with Crippen LogP contribution in [0.25, 0.3) is 9.65 Å². The van der Waals surface area contributed by atoms with Gasteiger partial charge in [-0.1, -0.05) is 0 Å². The van der Waals surface area contributed by atoms with Crippen LogP contribution in [0.15, 0.2) is 30.3 Å². The fourth-order valence-electron chi connectivity index (χ4n) is 2.53. The first-order valence-electron chi connectivity index (χ1n) is 9.31. The zero-order valence-corrected chi connectivity index (χ0v) is 19.1. The van der Waals surface area contributed by atoms with E-state index in [-0.39, 0.29) is 31.6 Å². The van der Waals surface area contributed by atoms with Crippen LogP contribution in [-0.2, 0) is 14.2 Å². The van der Waals surface area contributed by atoms with Gasteiger partial charge in [0.1, 0.15) is 0 Å². The van der Waals surface area contributed by atoms with Crippen LogP contribution in [0.2, 0.25) is 5.15 Å². The van der Waals surface area contributed by atoms with Crippen molar-refractivity contribution in [2.75, 3.05) is 45.5 Å². The molecule has 0 bridgehead atoms. The molecule has 8 nitrogen and oxygen atoms in total. The second kappa shape index (κ2) is 11.3. The Morgan fingerprint density at radius 3 is 2.77 bits per heavy atom. The van der Waals surface area contributed by atoms with Gasteiger partial charge < -0.3 is 4.74 Å². The number of rotatable bonds is 11. The summed E-state index contributed by atoms with van der Waals surface area (Å²) >= 11 is 6.05. The fourth-order valence-corrected chi connectivity index (χ4v) is 4.67. The predicted molar refractivity (Wildman–Crippen MR) is 115 cm³/mol. The molecule has 30 heavy (non-hydrogen) atoms. The van der Waals surface area contributed by atoms with E-state index in [1.807, 2.05) is 24.3 Å². The Hall–Kier alpha value is -2.16. The van der Waals surface area contributed by atoms with Crippen molar-refractivity contribution in [2.24, 2.45) is 0 Å². The van der Waals surface area contributed by atoms with E-state index in [4.69, 9.17) is 30.5 Å². The summed E-state index contributed by atoms with van der Waals surface area (Å²) in [4.78, 5) is 20.4. The molecule has 3 aromatic rings. The van der Waals surface area contributed by atoms with Gasteiger partial charge in [-0.15, -0.1) is 0 Å². The molecule has 1 aromatic carbocycles. The van der Waals surface area contributed by atoms with Crippen LogP contribution in [0, 0.1) is 0 Å². The maximum atomic E-state index is 12.0. The third kappa shape index (κ3) is 6.42. The van der Waals surface area contributed by atoms with Gasteiger partial charge in [-0.25, -0.2) is 0 Å². The molecule has 0 saturated carbocycles. The number of ether oxygens (including phenoxy) is 4. The Bertz CT molecular complexity index is 998. The molecule has 10 heteroatoms. The monoisotopic (exact) mass is 499 g/mol. The van der Waals surface area contributed by atoms with E-state index in [1.54, 1.807) is 20.1 Å². The second-order valence-electron chi connectivity index (χ2n) is 6.02. The van der Waals surface area contributed by atoms with Crippen LogP contribution < -0.4 is 10.1 Å². The molecule has 0 radical (unpaired) electrons. The minimum absolute atomic E-state index is 0.0509. The molecule has 0 aliphatic rings. The van der Waals surface area contributed by atoms with E-state index in [0.29, 0.717) is 43.3 Å². The number of nitrogens with one attached hydrogen (secondary N) is 1. The average Bonchev–Trinajstić information content (AvgIpc) is 3.14. The first-order valence-corrected chi connectivity index (χ1v) is 11.4. The van der Waals surface area contributed by atoms with Crippen LogP contribution in [-0.4, -0.2) is 70.6 Å². The van der Waals surface area contributed by atoms with Crippen molar-refractivity contribution in [2.45, 2.75) is 6.92 Å². The second-order valence-corrected chi connectivity index (χ2v) is 8.68. The van der Waals surface area contributed by atoms with Gasteiger partial charge in [0.05, 0.1) is 13.2 Å². The molecular weight excluding hydrogens is 477 g/mol. The number of benzene rings is 1. The van der Waals surface area contributed by atoms with Gasteiger partial charge in [-0.3, -0.25) is 0 Å². The standard InChI is InChI=1S/C20H22ClN3O5Se/c1-3-28-19(25)16-11-13-10-14(4-5-15(13)30-16)22-18-12-17(21)23-20(24-18)29-9-8-27-7-6-26-2/h4-5,10-12H,3,6-9H2,1-2H3,(H,22,23,24). The number of esters is 1. The summed E-state index contributed by atoms with van der Waals surface area (Å²) in [5.41, 5.74) is 0.814. The van der Waals surface area contributed by atoms with Gasteiger partial charge in [-0.05, 0) is 0 Å². The van der Waals surface area contributed by atoms with E-state index in [2.05, 4.69) is 15.3 Å². The molecule has 3 rings (SSSR count). The predicted octanol–water partition coefficient (Wildman–Crippen LogP) is 3.30. The number of aromatic nitrogens is 2. The molecule has 0 spiro atoms. The molecule has 0 saturated heterocycles. The van der Waals surface area contributed by atoms with Crippen LogP contribution >= 0.6 is 11.6 Å². The van der Waals surface area contributed by atoms with E-state index in [9.17, 15) is 4.79 Å². The van der Waals surface area contributed by atoms with Crippen molar-refractivity contribution < 1.29 is 23.7 Å². The number of methoxy groups -OCH3 is 1. The summed E-state index contributed by atoms with van der Waals surface area (Å²) in [5.74, 6) is 0.252. The SMILES string of the molecule is CCOC(=O)c1cc2cc(Nc3cc(Cl)nc(OCCOCCOC)n3)ccc2[se]1. The van der Waals surface area contributed by atoms with Gasteiger partial charge in [0.15, 0.2) is 0 Å². The van der Waals surface area contributed by atoms with Crippen molar-refractivity contribution in [3.63, 3.8) is 0 Å². The van der Waals surface area contributed by atoms with Crippen LogP contribution in [0.1, 0.15) is 16.2 Å². The van der Waals surface area contributed by atoms with Crippen molar-refractivity contribution in [3.05, 3.63) is 39.9 Å². The Morgan fingerprint density at radius 2 is 1.97 bits per heavy atom. The number of nitrogens with zero attached hydrogens (tertiary/aromatic N) is 2. The third-order valence-corrected chi connectivity index (χ3v) is 6.32. The Labute approximate surface area is 185 Å². The molecule has 160 valence electrons. The van der Waals surface area contributed by atoms with Crippen LogP contribution in [0.3, 0.4) is 0 Å². The molecule has 0 fully saturated rings. The average molecular weight is 499 g/mol. The number of halogens is 1. The quantitative estimate of drug-likeness (QED) is 0.186. The molecule has 0 aliphatic carbocycles. The molecule has 0 unspecified atom stereocenters.